The highest BCUT2D eigenvalue weighted by Gasteiger charge is 2.35. The summed E-state index contributed by atoms with van der Waals surface area (Å²) in [6.07, 6.45) is -0.568. The average Bonchev–Trinajstić information content (AvgIpc) is 2.29. The Hall–Kier alpha value is -1.68. The van der Waals surface area contributed by atoms with Crippen LogP contribution in [0.5, 0.6) is 0 Å². The Balaban J connectivity index is 2.31. The first-order valence-electron chi connectivity index (χ1n) is 5.14. The summed E-state index contributed by atoms with van der Waals surface area (Å²) in [7, 11) is 0. The quantitative estimate of drug-likeness (QED) is 0.775. The maximum atomic E-state index is 11.9. The van der Waals surface area contributed by atoms with Crippen LogP contribution in [0.1, 0.15) is 22.3 Å². The minimum absolute atomic E-state index is 0.267. The van der Waals surface area contributed by atoms with Crippen molar-refractivity contribution in [2.45, 2.75) is 18.9 Å². The average molecular weight is 220 g/mol. The second-order valence-corrected chi connectivity index (χ2v) is 3.95. The molecule has 2 atom stereocenters. The summed E-state index contributed by atoms with van der Waals surface area (Å²) in [6.45, 7) is 0. The van der Waals surface area contributed by atoms with Crippen molar-refractivity contribution in [1.29, 1.82) is 0 Å². The summed E-state index contributed by atoms with van der Waals surface area (Å²) >= 11 is 0. The van der Waals surface area contributed by atoms with Gasteiger partial charge in [-0.05, 0) is 18.4 Å². The molecule has 1 aromatic carbocycles. The second-order valence-electron chi connectivity index (χ2n) is 3.95. The maximum absolute atomic E-state index is 11.9. The number of aliphatic hydroxyl groups excluding tert-OH is 1. The predicted octanol–water partition coefficient (Wildman–Crippen LogP) is 0.877. The summed E-state index contributed by atoms with van der Waals surface area (Å²) in [6, 6.07) is 7.13. The molecule has 0 heterocycles. The van der Waals surface area contributed by atoms with E-state index in [1.165, 1.54) is 0 Å². The number of benzene rings is 1. The normalized spacial score (nSPS) is 21.3. The van der Waals surface area contributed by atoms with Crippen LogP contribution in [-0.4, -0.2) is 28.1 Å². The van der Waals surface area contributed by atoms with Crippen LogP contribution in [0, 0.1) is 5.92 Å². The number of hydrogen-bond acceptors (Lipinski definition) is 3. The largest absolute Gasteiger partial charge is 0.479 e. The van der Waals surface area contributed by atoms with Gasteiger partial charge in [-0.25, -0.2) is 4.79 Å². The van der Waals surface area contributed by atoms with Crippen molar-refractivity contribution in [2.24, 2.45) is 5.92 Å². The lowest BCUT2D eigenvalue weighted by molar-refractivity contribution is -0.148. The number of aliphatic carboxylic acids is 1. The lowest BCUT2D eigenvalue weighted by Gasteiger charge is -2.24. The molecule has 0 fully saturated rings. The molecular weight excluding hydrogens is 208 g/mol. The Bertz CT molecular complexity index is 438. The first kappa shape index (κ1) is 10.8. The topological polar surface area (TPSA) is 74.6 Å². The molecule has 0 saturated carbocycles. The van der Waals surface area contributed by atoms with Gasteiger partial charge in [0.15, 0.2) is 11.9 Å². The molecule has 0 radical (unpaired) electrons. The van der Waals surface area contributed by atoms with Crippen LogP contribution in [0.4, 0.5) is 0 Å². The molecule has 4 heteroatoms. The summed E-state index contributed by atoms with van der Waals surface area (Å²) in [5, 5.41) is 18.1. The van der Waals surface area contributed by atoms with Gasteiger partial charge in [0.25, 0.3) is 0 Å². The second kappa shape index (κ2) is 4.06. The Morgan fingerprint density at radius 3 is 2.75 bits per heavy atom. The zero-order valence-electron chi connectivity index (χ0n) is 8.59. The number of carbonyl (C=O) groups is 2. The van der Waals surface area contributed by atoms with E-state index in [2.05, 4.69) is 0 Å². The van der Waals surface area contributed by atoms with Crippen molar-refractivity contribution in [3.05, 3.63) is 35.4 Å². The van der Waals surface area contributed by atoms with E-state index in [-0.39, 0.29) is 5.78 Å². The number of carbonyl (C=O) groups excluding carboxylic acids is 1. The molecular formula is C12H12O4. The van der Waals surface area contributed by atoms with Crippen LogP contribution in [-0.2, 0) is 11.2 Å². The first-order valence-corrected chi connectivity index (χ1v) is 5.14. The molecule has 0 amide bonds. The number of fused-ring (bicyclic) bond motifs is 1. The zero-order chi connectivity index (χ0) is 11.7. The highest BCUT2D eigenvalue weighted by Crippen LogP contribution is 2.27. The fourth-order valence-corrected chi connectivity index (χ4v) is 2.09. The third kappa shape index (κ3) is 1.72. The SMILES string of the molecule is O=C(O)C(O)C1CCc2ccccc2C1=O. The summed E-state index contributed by atoms with van der Waals surface area (Å²) in [5.74, 6) is -2.41. The van der Waals surface area contributed by atoms with E-state index >= 15 is 0 Å². The highest BCUT2D eigenvalue weighted by atomic mass is 16.4. The van der Waals surface area contributed by atoms with E-state index in [0.29, 0.717) is 18.4 Å². The fourth-order valence-electron chi connectivity index (χ4n) is 2.09. The number of ketones is 1. The Morgan fingerprint density at radius 1 is 1.38 bits per heavy atom. The van der Waals surface area contributed by atoms with Gasteiger partial charge in [0.1, 0.15) is 0 Å². The highest BCUT2D eigenvalue weighted by molar-refractivity contribution is 6.02. The molecule has 0 bridgehead atoms. The van der Waals surface area contributed by atoms with E-state index in [1.807, 2.05) is 12.1 Å². The van der Waals surface area contributed by atoms with Crippen LogP contribution >= 0.6 is 0 Å². The van der Waals surface area contributed by atoms with Crippen LogP contribution in [0.3, 0.4) is 0 Å². The number of carboxylic acid groups (broad SMARTS) is 1. The van der Waals surface area contributed by atoms with Gasteiger partial charge < -0.3 is 10.2 Å². The van der Waals surface area contributed by atoms with Gasteiger partial charge >= 0.3 is 5.97 Å². The van der Waals surface area contributed by atoms with Gasteiger partial charge in [-0.15, -0.1) is 0 Å². The summed E-state index contributed by atoms with van der Waals surface area (Å²) in [5.41, 5.74) is 1.47. The molecule has 0 aromatic heterocycles. The van der Waals surface area contributed by atoms with Gasteiger partial charge in [-0.3, -0.25) is 4.79 Å². The minimum Gasteiger partial charge on any atom is -0.479 e. The van der Waals surface area contributed by atoms with E-state index < -0.39 is 18.0 Å². The van der Waals surface area contributed by atoms with E-state index in [1.54, 1.807) is 12.1 Å². The van der Waals surface area contributed by atoms with E-state index in [9.17, 15) is 14.7 Å². The van der Waals surface area contributed by atoms with Crippen LogP contribution in [0.25, 0.3) is 0 Å². The molecule has 2 unspecified atom stereocenters. The van der Waals surface area contributed by atoms with Crippen molar-refractivity contribution in [3.63, 3.8) is 0 Å². The number of rotatable bonds is 2. The van der Waals surface area contributed by atoms with Crippen molar-refractivity contribution in [3.8, 4) is 0 Å². The fraction of sp³-hybridized carbons (Fsp3) is 0.333. The summed E-state index contributed by atoms with van der Waals surface area (Å²) in [4.78, 5) is 22.6. The van der Waals surface area contributed by atoms with E-state index in [0.717, 1.165) is 5.56 Å². The first-order chi connectivity index (χ1) is 7.61. The molecule has 2 rings (SSSR count). The third-order valence-electron chi connectivity index (χ3n) is 2.98. The Kier molecular flexibility index (Phi) is 2.75. The minimum atomic E-state index is -1.60. The van der Waals surface area contributed by atoms with Gasteiger partial charge in [-0.1, -0.05) is 24.3 Å². The molecule has 1 aliphatic carbocycles. The number of Topliss-reactive ketones (excluding diaryl/α,β-unsaturated/α-hetero) is 1. The maximum Gasteiger partial charge on any atom is 0.333 e. The third-order valence-corrected chi connectivity index (χ3v) is 2.98. The number of hydrogen-bond donors (Lipinski definition) is 2. The number of aryl methyl sites for hydroxylation is 1. The molecule has 0 saturated heterocycles. The lowest BCUT2D eigenvalue weighted by Crippen LogP contribution is -2.37. The van der Waals surface area contributed by atoms with Crippen molar-refractivity contribution in [2.75, 3.05) is 0 Å². The van der Waals surface area contributed by atoms with Crippen molar-refractivity contribution in [1.82, 2.24) is 0 Å². The summed E-state index contributed by atoms with van der Waals surface area (Å²) < 4.78 is 0. The number of aliphatic hydroxyl groups is 1. The van der Waals surface area contributed by atoms with Crippen LogP contribution < -0.4 is 0 Å². The van der Waals surface area contributed by atoms with Crippen molar-refractivity contribution < 1.29 is 19.8 Å². The van der Waals surface area contributed by atoms with Crippen LogP contribution in [0.15, 0.2) is 24.3 Å². The van der Waals surface area contributed by atoms with Crippen LogP contribution in [0.2, 0.25) is 0 Å². The molecule has 16 heavy (non-hydrogen) atoms. The molecule has 0 aliphatic heterocycles. The molecule has 2 N–H and O–H groups in total. The monoisotopic (exact) mass is 220 g/mol. The molecule has 4 nitrogen and oxygen atoms in total. The Morgan fingerprint density at radius 2 is 2.06 bits per heavy atom. The van der Waals surface area contributed by atoms with Gasteiger partial charge in [0.05, 0.1) is 5.92 Å². The zero-order valence-corrected chi connectivity index (χ0v) is 8.59. The lowest BCUT2D eigenvalue weighted by atomic mass is 9.80. The Labute approximate surface area is 92.5 Å². The van der Waals surface area contributed by atoms with Gasteiger partial charge in [-0.2, -0.15) is 0 Å². The predicted molar refractivity (Wildman–Crippen MR) is 56.2 cm³/mol. The number of carboxylic acids is 1. The molecule has 1 aromatic rings. The molecule has 0 spiro atoms. The van der Waals surface area contributed by atoms with Gasteiger partial charge in [0, 0.05) is 5.56 Å². The molecule has 84 valence electrons. The smallest absolute Gasteiger partial charge is 0.333 e. The van der Waals surface area contributed by atoms with Gasteiger partial charge in [0.2, 0.25) is 0 Å². The van der Waals surface area contributed by atoms with E-state index in [4.69, 9.17) is 5.11 Å². The van der Waals surface area contributed by atoms with Crippen molar-refractivity contribution >= 4 is 11.8 Å². The molecule has 1 aliphatic rings. The standard InChI is InChI=1S/C12H12O4/c13-10-8-4-2-1-3-7(8)5-6-9(10)11(14)12(15)16/h1-4,9,11,14H,5-6H2,(H,15,16).